The van der Waals surface area contributed by atoms with Crippen molar-refractivity contribution in [1.82, 2.24) is 24.8 Å². The second-order valence-corrected chi connectivity index (χ2v) is 6.69. The molecule has 28 heavy (non-hydrogen) atoms. The van der Waals surface area contributed by atoms with Gasteiger partial charge in [-0.25, -0.2) is 4.39 Å². The second kappa shape index (κ2) is 8.24. The molecule has 1 aliphatic rings. The minimum absolute atomic E-state index is 0.168. The summed E-state index contributed by atoms with van der Waals surface area (Å²) in [6.45, 7) is 3.83. The van der Waals surface area contributed by atoms with E-state index in [2.05, 4.69) is 30.3 Å². The first kappa shape index (κ1) is 18.2. The molecule has 146 valence electrons. The van der Waals surface area contributed by atoms with Crippen LogP contribution in [0, 0.1) is 5.82 Å². The predicted molar refractivity (Wildman–Crippen MR) is 108 cm³/mol. The van der Waals surface area contributed by atoms with E-state index in [9.17, 15) is 4.39 Å². The molecule has 8 heteroatoms. The summed E-state index contributed by atoms with van der Waals surface area (Å²) in [7, 11) is 1.79. The van der Waals surface area contributed by atoms with Crippen LogP contribution in [0.4, 0.5) is 10.1 Å². The third-order valence-electron chi connectivity index (χ3n) is 5.00. The van der Waals surface area contributed by atoms with Crippen molar-refractivity contribution < 1.29 is 4.39 Å². The average Bonchev–Trinajstić information content (AvgIpc) is 3.15. The van der Waals surface area contributed by atoms with Gasteiger partial charge in [0.15, 0.2) is 11.6 Å². The number of nitrogens with zero attached hydrogens (tertiary/aromatic N) is 6. The SMILES string of the molecule is CN=C(NCCc1nnc2ccccn12)N1CCN(c2ccccc2F)CC1. The minimum Gasteiger partial charge on any atom is -0.366 e. The van der Waals surface area contributed by atoms with Crippen molar-refractivity contribution >= 4 is 17.3 Å². The molecule has 3 aromatic rings. The summed E-state index contributed by atoms with van der Waals surface area (Å²) >= 11 is 0. The standard InChI is InChI=1S/C20H24FN7/c1-22-20(23-10-9-19-25-24-18-8-4-5-11-28(18)19)27-14-12-26(13-15-27)17-7-3-2-6-16(17)21/h2-8,11H,9-10,12-15H2,1H3,(H,22,23). The molecule has 2 aromatic heterocycles. The zero-order valence-corrected chi connectivity index (χ0v) is 15.9. The van der Waals surface area contributed by atoms with E-state index < -0.39 is 0 Å². The van der Waals surface area contributed by atoms with Gasteiger partial charge in [-0.1, -0.05) is 18.2 Å². The van der Waals surface area contributed by atoms with Crippen molar-refractivity contribution in [2.24, 2.45) is 4.99 Å². The fraction of sp³-hybridized carbons (Fsp3) is 0.350. The Morgan fingerprint density at radius 3 is 2.64 bits per heavy atom. The fourth-order valence-corrected chi connectivity index (χ4v) is 3.55. The third-order valence-corrected chi connectivity index (χ3v) is 5.00. The van der Waals surface area contributed by atoms with Crippen LogP contribution in [0.5, 0.6) is 0 Å². The molecular formula is C20H24FN7. The van der Waals surface area contributed by atoms with Gasteiger partial charge in [-0.3, -0.25) is 9.39 Å². The van der Waals surface area contributed by atoms with Crippen LogP contribution in [-0.4, -0.2) is 65.2 Å². The number of aromatic nitrogens is 3. The van der Waals surface area contributed by atoms with Gasteiger partial charge < -0.3 is 15.1 Å². The molecule has 1 N–H and O–H groups in total. The zero-order valence-electron chi connectivity index (χ0n) is 15.9. The highest BCUT2D eigenvalue weighted by Crippen LogP contribution is 2.20. The van der Waals surface area contributed by atoms with Gasteiger partial charge in [-0.15, -0.1) is 10.2 Å². The summed E-state index contributed by atoms with van der Waals surface area (Å²) in [6, 6.07) is 12.8. The monoisotopic (exact) mass is 381 g/mol. The molecule has 0 saturated carbocycles. The van der Waals surface area contributed by atoms with E-state index in [1.165, 1.54) is 6.07 Å². The Balaban J connectivity index is 1.31. The van der Waals surface area contributed by atoms with Crippen LogP contribution < -0.4 is 10.2 Å². The maximum atomic E-state index is 14.0. The van der Waals surface area contributed by atoms with Crippen molar-refractivity contribution in [3.63, 3.8) is 0 Å². The molecule has 1 aromatic carbocycles. The van der Waals surface area contributed by atoms with Crippen LogP contribution in [0.1, 0.15) is 5.82 Å². The average molecular weight is 381 g/mol. The lowest BCUT2D eigenvalue weighted by Gasteiger charge is -2.37. The van der Waals surface area contributed by atoms with Crippen LogP contribution in [0.3, 0.4) is 0 Å². The van der Waals surface area contributed by atoms with Gasteiger partial charge in [-0.2, -0.15) is 0 Å². The smallest absolute Gasteiger partial charge is 0.193 e. The molecule has 3 heterocycles. The second-order valence-electron chi connectivity index (χ2n) is 6.69. The highest BCUT2D eigenvalue weighted by atomic mass is 19.1. The van der Waals surface area contributed by atoms with Gasteiger partial charge in [-0.05, 0) is 24.3 Å². The molecule has 0 bridgehead atoms. The van der Waals surface area contributed by atoms with E-state index in [0.29, 0.717) is 5.69 Å². The lowest BCUT2D eigenvalue weighted by atomic mass is 10.2. The van der Waals surface area contributed by atoms with Crippen LogP contribution in [0.2, 0.25) is 0 Å². The number of guanidine groups is 1. The van der Waals surface area contributed by atoms with Crippen molar-refractivity contribution in [3.8, 4) is 0 Å². The van der Waals surface area contributed by atoms with Crippen molar-refractivity contribution in [1.29, 1.82) is 0 Å². The highest BCUT2D eigenvalue weighted by molar-refractivity contribution is 5.80. The number of piperazine rings is 1. The van der Waals surface area contributed by atoms with Gasteiger partial charge in [0.05, 0.1) is 5.69 Å². The molecule has 0 spiro atoms. The number of fused-ring (bicyclic) bond motifs is 1. The van der Waals surface area contributed by atoms with Gasteiger partial charge in [0.2, 0.25) is 0 Å². The van der Waals surface area contributed by atoms with Crippen molar-refractivity contribution in [3.05, 3.63) is 60.3 Å². The number of aliphatic imine (C=N–C) groups is 1. The maximum absolute atomic E-state index is 14.0. The molecule has 4 rings (SSSR count). The van der Waals surface area contributed by atoms with E-state index >= 15 is 0 Å². The lowest BCUT2D eigenvalue weighted by molar-refractivity contribution is 0.371. The fourth-order valence-electron chi connectivity index (χ4n) is 3.55. The summed E-state index contributed by atoms with van der Waals surface area (Å²) in [5, 5.41) is 11.8. The van der Waals surface area contributed by atoms with Crippen LogP contribution >= 0.6 is 0 Å². The topological polar surface area (TPSA) is 61.1 Å². The number of pyridine rings is 1. The number of hydrogen-bond acceptors (Lipinski definition) is 4. The van der Waals surface area contributed by atoms with Crippen LogP contribution in [0.15, 0.2) is 53.7 Å². The van der Waals surface area contributed by atoms with Crippen molar-refractivity contribution in [2.75, 3.05) is 44.7 Å². The normalized spacial score (nSPS) is 15.3. The molecule has 1 aliphatic heterocycles. The zero-order chi connectivity index (χ0) is 19.3. The van der Waals surface area contributed by atoms with E-state index in [0.717, 1.165) is 56.6 Å². The third kappa shape index (κ3) is 3.76. The molecule has 7 nitrogen and oxygen atoms in total. The molecule has 1 saturated heterocycles. The Bertz CT molecular complexity index is 960. The Morgan fingerprint density at radius 1 is 1.07 bits per heavy atom. The first-order valence-corrected chi connectivity index (χ1v) is 9.50. The van der Waals surface area contributed by atoms with Gasteiger partial charge in [0.25, 0.3) is 0 Å². The minimum atomic E-state index is -0.168. The maximum Gasteiger partial charge on any atom is 0.193 e. The Morgan fingerprint density at radius 2 is 1.86 bits per heavy atom. The van der Waals surface area contributed by atoms with E-state index in [4.69, 9.17) is 0 Å². The summed E-state index contributed by atoms with van der Waals surface area (Å²) in [5.74, 6) is 1.61. The quantitative estimate of drug-likeness (QED) is 0.552. The van der Waals surface area contributed by atoms with E-state index in [1.54, 1.807) is 13.1 Å². The van der Waals surface area contributed by atoms with Gasteiger partial charge in [0, 0.05) is 52.4 Å². The number of anilines is 1. The largest absolute Gasteiger partial charge is 0.366 e. The molecule has 0 radical (unpaired) electrons. The van der Waals surface area contributed by atoms with Crippen LogP contribution in [0.25, 0.3) is 5.65 Å². The number of hydrogen-bond donors (Lipinski definition) is 1. The molecule has 0 unspecified atom stereocenters. The number of nitrogens with one attached hydrogen (secondary N) is 1. The summed E-state index contributed by atoms with van der Waals surface area (Å²) in [5.41, 5.74) is 1.52. The first-order chi connectivity index (χ1) is 13.8. The molecule has 0 atom stereocenters. The van der Waals surface area contributed by atoms with Gasteiger partial charge >= 0.3 is 0 Å². The van der Waals surface area contributed by atoms with Gasteiger partial charge in [0.1, 0.15) is 11.6 Å². The Labute approximate surface area is 163 Å². The van der Waals surface area contributed by atoms with E-state index in [-0.39, 0.29) is 5.82 Å². The summed E-state index contributed by atoms with van der Waals surface area (Å²) in [6.07, 6.45) is 2.72. The van der Waals surface area contributed by atoms with E-state index in [1.807, 2.05) is 40.9 Å². The number of para-hydroxylation sites is 1. The molecule has 1 fully saturated rings. The lowest BCUT2D eigenvalue weighted by Crippen LogP contribution is -2.53. The highest BCUT2D eigenvalue weighted by Gasteiger charge is 2.21. The molecule has 0 aliphatic carbocycles. The van der Waals surface area contributed by atoms with Crippen LogP contribution in [-0.2, 0) is 6.42 Å². The molecular weight excluding hydrogens is 357 g/mol. The number of halogens is 1. The Hall–Kier alpha value is -3.16. The number of benzene rings is 1. The van der Waals surface area contributed by atoms with Crippen molar-refractivity contribution in [2.45, 2.75) is 6.42 Å². The summed E-state index contributed by atoms with van der Waals surface area (Å²) in [4.78, 5) is 8.70. The first-order valence-electron chi connectivity index (χ1n) is 9.50. The summed E-state index contributed by atoms with van der Waals surface area (Å²) < 4.78 is 16.0. The predicted octanol–water partition coefficient (Wildman–Crippen LogP) is 1.81. The Kier molecular flexibility index (Phi) is 5.36. The molecule has 0 amide bonds. The number of rotatable bonds is 4.